The molecule has 0 bridgehead atoms. The highest BCUT2D eigenvalue weighted by molar-refractivity contribution is 6.32. The van der Waals surface area contributed by atoms with E-state index in [1.54, 1.807) is 12.1 Å². The summed E-state index contributed by atoms with van der Waals surface area (Å²) < 4.78 is 41.4. The molecule has 0 fully saturated rings. The van der Waals surface area contributed by atoms with Crippen LogP contribution in [0.5, 0.6) is 5.75 Å². The van der Waals surface area contributed by atoms with Crippen LogP contribution in [0, 0.1) is 0 Å². The highest BCUT2D eigenvalue weighted by Crippen LogP contribution is 2.27. The first-order chi connectivity index (χ1) is 9.49. The van der Waals surface area contributed by atoms with Crippen LogP contribution in [-0.2, 0) is 6.54 Å². The number of alkyl halides is 3. The van der Waals surface area contributed by atoms with Gasteiger partial charge in [-0.25, -0.2) is 0 Å². The van der Waals surface area contributed by atoms with Crippen molar-refractivity contribution in [3.05, 3.63) is 28.8 Å². The van der Waals surface area contributed by atoms with Crippen LogP contribution in [0.4, 0.5) is 13.2 Å². The number of hydrogen-bond acceptors (Lipinski definition) is 3. The molecule has 0 heterocycles. The largest absolute Gasteiger partial charge is 0.489 e. The Morgan fingerprint density at radius 3 is 2.38 bits per heavy atom. The summed E-state index contributed by atoms with van der Waals surface area (Å²) in [5.74, 6) is 0.111. The van der Waals surface area contributed by atoms with Gasteiger partial charge in [-0.1, -0.05) is 17.7 Å². The Bertz CT molecular complexity index is 472. The molecule has 2 N–H and O–H groups in total. The Labute approximate surface area is 127 Å². The number of ether oxygens (including phenoxy) is 1. The van der Waals surface area contributed by atoms with E-state index in [4.69, 9.17) is 21.4 Å². The van der Waals surface area contributed by atoms with Gasteiger partial charge in [-0.3, -0.25) is 0 Å². The van der Waals surface area contributed by atoms with E-state index in [9.17, 15) is 13.2 Å². The summed E-state index contributed by atoms with van der Waals surface area (Å²) in [7, 11) is 0. The summed E-state index contributed by atoms with van der Waals surface area (Å²) in [6.45, 7) is 5.75. The molecule has 0 saturated carbocycles. The first kappa shape index (κ1) is 18.1. The molecule has 7 heteroatoms. The topological polar surface area (TPSA) is 41.5 Å². The van der Waals surface area contributed by atoms with Gasteiger partial charge in [0.25, 0.3) is 0 Å². The molecule has 3 nitrogen and oxygen atoms in total. The Hall–Kier alpha value is -0.980. The van der Waals surface area contributed by atoms with Gasteiger partial charge in [-0.05, 0) is 38.5 Å². The second-order valence-corrected chi connectivity index (χ2v) is 6.14. The molecule has 0 aromatic heterocycles. The van der Waals surface area contributed by atoms with E-state index in [1.165, 1.54) is 6.07 Å². The van der Waals surface area contributed by atoms with Crippen molar-refractivity contribution in [2.45, 2.75) is 45.1 Å². The van der Waals surface area contributed by atoms with E-state index in [2.05, 4.69) is 5.32 Å². The lowest BCUT2D eigenvalue weighted by Gasteiger charge is -2.21. The van der Waals surface area contributed by atoms with Crippen molar-refractivity contribution < 1.29 is 23.0 Å². The van der Waals surface area contributed by atoms with E-state index < -0.39 is 18.9 Å². The maximum atomic E-state index is 12.2. The number of nitrogens with one attached hydrogen (secondary N) is 1. The minimum absolute atomic E-state index is 0.0571. The summed E-state index contributed by atoms with van der Waals surface area (Å²) in [4.78, 5) is 0. The van der Waals surface area contributed by atoms with Gasteiger partial charge in [-0.15, -0.1) is 0 Å². The first-order valence-electron chi connectivity index (χ1n) is 6.40. The van der Waals surface area contributed by atoms with Gasteiger partial charge in [0.1, 0.15) is 12.4 Å². The molecule has 1 unspecified atom stereocenters. The van der Waals surface area contributed by atoms with Crippen molar-refractivity contribution in [1.82, 2.24) is 5.32 Å². The van der Waals surface area contributed by atoms with Crippen molar-refractivity contribution in [2.24, 2.45) is 0 Å². The number of rotatable bonds is 5. The SMILES string of the molecule is CC(C)(C)NCc1ccc(OCC(O)C(F)(F)F)c(Cl)c1. The van der Waals surface area contributed by atoms with E-state index in [1.807, 2.05) is 20.8 Å². The summed E-state index contributed by atoms with van der Waals surface area (Å²) >= 11 is 5.96. The van der Waals surface area contributed by atoms with E-state index in [0.717, 1.165) is 5.56 Å². The van der Waals surface area contributed by atoms with Gasteiger partial charge in [0.05, 0.1) is 5.02 Å². The molecule has 21 heavy (non-hydrogen) atoms. The molecule has 0 radical (unpaired) electrons. The van der Waals surface area contributed by atoms with Crippen LogP contribution in [0.1, 0.15) is 26.3 Å². The zero-order chi connectivity index (χ0) is 16.3. The predicted molar refractivity (Wildman–Crippen MR) is 75.6 cm³/mol. The predicted octanol–water partition coefficient (Wildman–Crippen LogP) is 3.53. The Balaban J connectivity index is 2.62. The smallest absolute Gasteiger partial charge is 0.417 e. The third-order valence-corrected chi connectivity index (χ3v) is 2.89. The maximum Gasteiger partial charge on any atom is 0.417 e. The van der Waals surface area contributed by atoms with Gasteiger partial charge < -0.3 is 15.2 Å². The summed E-state index contributed by atoms with van der Waals surface area (Å²) in [5, 5.41) is 12.3. The molecule has 0 aliphatic carbocycles. The molecule has 1 aromatic rings. The fraction of sp³-hybridized carbons (Fsp3) is 0.571. The van der Waals surface area contributed by atoms with Crippen LogP contribution in [0.2, 0.25) is 5.02 Å². The van der Waals surface area contributed by atoms with Crippen molar-refractivity contribution in [3.8, 4) is 5.75 Å². The first-order valence-corrected chi connectivity index (χ1v) is 6.78. The molecule has 1 aromatic carbocycles. The van der Waals surface area contributed by atoms with Crippen molar-refractivity contribution in [3.63, 3.8) is 0 Å². The third-order valence-electron chi connectivity index (χ3n) is 2.59. The molecule has 0 aliphatic heterocycles. The van der Waals surface area contributed by atoms with E-state index in [-0.39, 0.29) is 16.3 Å². The monoisotopic (exact) mass is 325 g/mol. The average molecular weight is 326 g/mol. The minimum atomic E-state index is -4.71. The average Bonchev–Trinajstić information content (AvgIpc) is 2.32. The summed E-state index contributed by atoms with van der Waals surface area (Å²) in [6.07, 6.45) is -7.24. The standard InChI is InChI=1S/C14H19ClF3NO2/c1-13(2,3)19-7-9-4-5-11(10(15)6-9)21-8-12(20)14(16,17)18/h4-6,12,19-20H,7-8H2,1-3H3. The Kier molecular flexibility index (Phi) is 5.90. The quantitative estimate of drug-likeness (QED) is 0.870. The normalized spacial score (nSPS) is 14.1. The molecule has 0 spiro atoms. The second kappa shape index (κ2) is 6.85. The fourth-order valence-corrected chi connectivity index (χ4v) is 1.66. The highest BCUT2D eigenvalue weighted by atomic mass is 35.5. The molecule has 0 aliphatic rings. The van der Waals surface area contributed by atoms with E-state index >= 15 is 0 Å². The van der Waals surface area contributed by atoms with Gasteiger partial charge in [-0.2, -0.15) is 13.2 Å². The Morgan fingerprint density at radius 2 is 1.90 bits per heavy atom. The molecule has 0 saturated heterocycles. The van der Waals surface area contributed by atoms with Gasteiger partial charge >= 0.3 is 6.18 Å². The number of benzene rings is 1. The van der Waals surface area contributed by atoms with Gasteiger partial charge in [0, 0.05) is 12.1 Å². The zero-order valence-corrected chi connectivity index (χ0v) is 12.8. The van der Waals surface area contributed by atoms with Crippen molar-refractivity contribution >= 4 is 11.6 Å². The molecule has 0 amide bonds. The molecular weight excluding hydrogens is 307 g/mol. The van der Waals surface area contributed by atoms with Gasteiger partial charge in [0.15, 0.2) is 6.10 Å². The number of aliphatic hydroxyl groups excluding tert-OH is 1. The van der Waals surface area contributed by atoms with Crippen LogP contribution >= 0.6 is 11.6 Å². The fourth-order valence-electron chi connectivity index (χ4n) is 1.40. The lowest BCUT2D eigenvalue weighted by molar-refractivity contribution is -0.210. The van der Waals surface area contributed by atoms with Crippen LogP contribution in [0.3, 0.4) is 0 Å². The number of hydrogen-bond donors (Lipinski definition) is 2. The lowest BCUT2D eigenvalue weighted by Crippen LogP contribution is -2.35. The molecule has 120 valence electrons. The van der Waals surface area contributed by atoms with E-state index in [0.29, 0.717) is 6.54 Å². The zero-order valence-electron chi connectivity index (χ0n) is 12.1. The molecular formula is C14H19ClF3NO2. The molecule has 1 atom stereocenters. The molecule has 1 rings (SSSR count). The van der Waals surface area contributed by atoms with Gasteiger partial charge in [0.2, 0.25) is 0 Å². The summed E-state index contributed by atoms with van der Waals surface area (Å²) in [6, 6.07) is 4.82. The van der Waals surface area contributed by atoms with Crippen molar-refractivity contribution in [1.29, 1.82) is 0 Å². The van der Waals surface area contributed by atoms with Crippen LogP contribution in [0.25, 0.3) is 0 Å². The van der Waals surface area contributed by atoms with Crippen LogP contribution in [-0.4, -0.2) is 29.5 Å². The lowest BCUT2D eigenvalue weighted by atomic mass is 10.1. The van der Waals surface area contributed by atoms with Crippen LogP contribution in [0.15, 0.2) is 18.2 Å². The maximum absolute atomic E-state index is 12.2. The summed E-state index contributed by atoms with van der Waals surface area (Å²) in [5.41, 5.74) is 0.831. The highest BCUT2D eigenvalue weighted by Gasteiger charge is 2.38. The number of aliphatic hydroxyl groups is 1. The van der Waals surface area contributed by atoms with Crippen molar-refractivity contribution in [2.75, 3.05) is 6.61 Å². The minimum Gasteiger partial charge on any atom is -0.489 e. The second-order valence-electron chi connectivity index (χ2n) is 5.74. The van der Waals surface area contributed by atoms with Crippen LogP contribution < -0.4 is 10.1 Å². The Morgan fingerprint density at radius 1 is 1.29 bits per heavy atom. The number of halogens is 4. The third kappa shape index (κ3) is 6.54.